The van der Waals surface area contributed by atoms with Gasteiger partial charge in [-0.3, -0.25) is 0 Å². The highest BCUT2D eigenvalue weighted by Gasteiger charge is 2.32. The van der Waals surface area contributed by atoms with Crippen molar-refractivity contribution in [2.24, 2.45) is 5.92 Å². The summed E-state index contributed by atoms with van der Waals surface area (Å²) in [5.74, 6) is 0.184. The molecular weight excluding hydrogens is 227 g/mol. The average Bonchev–Trinajstić information content (AvgIpc) is 2.62. The second kappa shape index (κ2) is 5.38. The molecule has 1 atom stereocenters. The molecule has 1 rings (SSSR count). The summed E-state index contributed by atoms with van der Waals surface area (Å²) in [7, 11) is 1.55. The van der Waals surface area contributed by atoms with E-state index in [2.05, 4.69) is 4.74 Å². The largest absolute Gasteiger partial charge is 0.440 e. The third kappa shape index (κ3) is 4.26. The van der Waals surface area contributed by atoms with E-state index in [0.717, 1.165) is 6.42 Å². The lowest BCUT2D eigenvalue weighted by Gasteiger charge is -2.16. The molecule has 1 unspecified atom stereocenters. The van der Waals surface area contributed by atoms with E-state index < -0.39 is 18.9 Å². The molecule has 0 radical (unpaired) electrons. The van der Waals surface area contributed by atoms with Crippen LogP contribution < -0.4 is 0 Å². The minimum Gasteiger partial charge on any atom is -0.440 e. The van der Waals surface area contributed by atoms with Gasteiger partial charge < -0.3 is 14.4 Å². The van der Waals surface area contributed by atoms with E-state index in [-0.39, 0.29) is 5.92 Å². The molecule has 0 aromatic rings. The molecule has 7 heteroatoms. The van der Waals surface area contributed by atoms with Crippen molar-refractivity contribution in [2.45, 2.75) is 12.6 Å². The number of halogens is 3. The number of alkyl halides is 3. The zero-order valence-electron chi connectivity index (χ0n) is 8.92. The van der Waals surface area contributed by atoms with Crippen LogP contribution in [-0.4, -0.2) is 50.6 Å². The molecule has 1 fully saturated rings. The molecule has 0 aromatic heterocycles. The van der Waals surface area contributed by atoms with Crippen molar-refractivity contribution in [3.05, 3.63) is 0 Å². The Balaban J connectivity index is 2.28. The molecule has 1 saturated heterocycles. The minimum absolute atomic E-state index is 0.184. The Kier molecular flexibility index (Phi) is 4.40. The van der Waals surface area contributed by atoms with Gasteiger partial charge in [0.1, 0.15) is 0 Å². The van der Waals surface area contributed by atoms with Crippen LogP contribution in [0.3, 0.4) is 0 Å². The maximum absolute atomic E-state index is 11.8. The summed E-state index contributed by atoms with van der Waals surface area (Å²) in [6.45, 7) is -0.213. The zero-order chi connectivity index (χ0) is 12.2. The molecule has 1 heterocycles. The monoisotopic (exact) mass is 241 g/mol. The van der Waals surface area contributed by atoms with Crippen molar-refractivity contribution in [1.29, 1.82) is 0 Å². The van der Waals surface area contributed by atoms with Crippen LogP contribution >= 0.6 is 0 Å². The van der Waals surface area contributed by atoms with Gasteiger partial charge in [0, 0.05) is 26.1 Å². The van der Waals surface area contributed by atoms with Crippen LogP contribution in [0.15, 0.2) is 0 Å². The van der Waals surface area contributed by atoms with Gasteiger partial charge in [-0.15, -0.1) is 0 Å². The first-order valence-corrected chi connectivity index (χ1v) is 4.90. The number of amides is 1. The maximum Gasteiger partial charge on any atom is 0.422 e. The molecule has 0 N–H and O–H groups in total. The van der Waals surface area contributed by atoms with E-state index in [1.807, 2.05) is 0 Å². The Morgan fingerprint density at radius 3 is 2.75 bits per heavy atom. The number of hydrogen-bond donors (Lipinski definition) is 0. The molecule has 0 aliphatic carbocycles. The van der Waals surface area contributed by atoms with Gasteiger partial charge >= 0.3 is 12.3 Å². The first-order valence-electron chi connectivity index (χ1n) is 4.90. The molecule has 0 spiro atoms. The molecule has 1 aliphatic rings. The van der Waals surface area contributed by atoms with Gasteiger partial charge in [-0.1, -0.05) is 0 Å². The highest BCUT2D eigenvalue weighted by atomic mass is 19.4. The van der Waals surface area contributed by atoms with Crippen LogP contribution in [0.4, 0.5) is 18.0 Å². The number of carbonyl (C=O) groups excluding carboxylic acids is 1. The quantitative estimate of drug-likeness (QED) is 0.754. The Morgan fingerprint density at radius 2 is 2.19 bits per heavy atom. The summed E-state index contributed by atoms with van der Waals surface area (Å²) < 4.78 is 44.4. The lowest BCUT2D eigenvalue weighted by Crippen LogP contribution is -2.32. The van der Waals surface area contributed by atoms with Gasteiger partial charge in [-0.25, -0.2) is 4.79 Å². The van der Waals surface area contributed by atoms with Gasteiger partial charge in [-0.05, 0) is 6.42 Å². The fraction of sp³-hybridized carbons (Fsp3) is 0.889. The number of ether oxygens (including phenoxy) is 2. The number of nitrogens with zero attached hydrogens (tertiary/aromatic N) is 1. The Morgan fingerprint density at radius 1 is 1.50 bits per heavy atom. The third-order valence-corrected chi connectivity index (χ3v) is 2.31. The van der Waals surface area contributed by atoms with E-state index in [9.17, 15) is 18.0 Å². The van der Waals surface area contributed by atoms with Crippen molar-refractivity contribution in [3.63, 3.8) is 0 Å². The van der Waals surface area contributed by atoms with Gasteiger partial charge in [0.2, 0.25) is 0 Å². The highest BCUT2D eigenvalue weighted by molar-refractivity contribution is 5.67. The summed E-state index contributed by atoms with van der Waals surface area (Å²) in [6, 6.07) is 0. The van der Waals surface area contributed by atoms with E-state index in [0.29, 0.717) is 19.7 Å². The fourth-order valence-electron chi connectivity index (χ4n) is 1.61. The fourth-order valence-corrected chi connectivity index (χ4v) is 1.61. The Bertz CT molecular complexity index is 245. The van der Waals surface area contributed by atoms with Gasteiger partial charge in [0.25, 0.3) is 0 Å². The number of methoxy groups -OCH3 is 1. The predicted octanol–water partition coefficient (Wildman–Crippen LogP) is 1.65. The van der Waals surface area contributed by atoms with Crippen LogP contribution in [-0.2, 0) is 9.47 Å². The van der Waals surface area contributed by atoms with Crippen LogP contribution in [0.1, 0.15) is 6.42 Å². The van der Waals surface area contributed by atoms with E-state index in [1.54, 1.807) is 7.11 Å². The van der Waals surface area contributed by atoms with Gasteiger partial charge in [-0.2, -0.15) is 13.2 Å². The summed E-state index contributed by atoms with van der Waals surface area (Å²) >= 11 is 0. The first kappa shape index (κ1) is 13.1. The molecule has 4 nitrogen and oxygen atoms in total. The van der Waals surface area contributed by atoms with Crippen molar-refractivity contribution >= 4 is 6.09 Å². The summed E-state index contributed by atoms with van der Waals surface area (Å²) in [6.07, 6.45) is -4.65. The molecule has 1 amide bonds. The van der Waals surface area contributed by atoms with Crippen LogP contribution in [0, 0.1) is 5.92 Å². The normalized spacial score (nSPS) is 21.2. The van der Waals surface area contributed by atoms with Crippen molar-refractivity contribution in [2.75, 3.05) is 33.4 Å². The molecular formula is C9H14F3NO3. The topological polar surface area (TPSA) is 38.8 Å². The standard InChI is InChI=1S/C9H14F3NO3/c1-15-5-7-2-3-13(4-7)8(14)16-6-9(10,11)12/h7H,2-6H2,1H3. The van der Waals surface area contributed by atoms with Crippen LogP contribution in [0.25, 0.3) is 0 Å². The Labute approximate surface area is 91.3 Å². The molecule has 16 heavy (non-hydrogen) atoms. The number of rotatable bonds is 3. The van der Waals surface area contributed by atoms with E-state index in [1.165, 1.54) is 4.90 Å². The lowest BCUT2D eigenvalue weighted by atomic mass is 10.1. The number of hydrogen-bond acceptors (Lipinski definition) is 3. The third-order valence-electron chi connectivity index (χ3n) is 2.31. The van der Waals surface area contributed by atoms with Crippen molar-refractivity contribution < 1.29 is 27.4 Å². The average molecular weight is 241 g/mol. The van der Waals surface area contributed by atoms with Crippen LogP contribution in [0.5, 0.6) is 0 Å². The lowest BCUT2D eigenvalue weighted by molar-refractivity contribution is -0.162. The van der Waals surface area contributed by atoms with E-state index >= 15 is 0 Å². The smallest absolute Gasteiger partial charge is 0.422 e. The molecule has 0 bridgehead atoms. The highest BCUT2D eigenvalue weighted by Crippen LogP contribution is 2.19. The maximum atomic E-state index is 11.8. The minimum atomic E-state index is -4.47. The summed E-state index contributed by atoms with van der Waals surface area (Å²) in [5.41, 5.74) is 0. The Hall–Kier alpha value is -0.980. The second-order valence-electron chi connectivity index (χ2n) is 3.73. The molecule has 0 saturated carbocycles. The number of likely N-dealkylation sites (tertiary alicyclic amines) is 1. The van der Waals surface area contributed by atoms with Gasteiger partial charge in [0.05, 0.1) is 6.61 Å². The number of carbonyl (C=O) groups is 1. The van der Waals surface area contributed by atoms with Crippen molar-refractivity contribution in [3.8, 4) is 0 Å². The predicted molar refractivity (Wildman–Crippen MR) is 49.0 cm³/mol. The first-order chi connectivity index (χ1) is 7.42. The molecule has 94 valence electrons. The second-order valence-corrected chi connectivity index (χ2v) is 3.73. The summed E-state index contributed by atoms with van der Waals surface area (Å²) in [4.78, 5) is 12.5. The molecule has 0 aromatic carbocycles. The van der Waals surface area contributed by atoms with E-state index in [4.69, 9.17) is 4.74 Å². The van der Waals surface area contributed by atoms with Crippen LogP contribution in [0.2, 0.25) is 0 Å². The SMILES string of the molecule is COCC1CCN(C(=O)OCC(F)(F)F)C1. The van der Waals surface area contributed by atoms with Crippen molar-refractivity contribution in [1.82, 2.24) is 4.90 Å². The summed E-state index contributed by atoms with van der Waals surface area (Å²) in [5, 5.41) is 0. The van der Waals surface area contributed by atoms with Gasteiger partial charge in [0.15, 0.2) is 6.61 Å². The zero-order valence-corrected chi connectivity index (χ0v) is 8.92. The molecule has 1 aliphatic heterocycles.